The van der Waals surface area contributed by atoms with Crippen molar-refractivity contribution in [2.45, 2.75) is 122 Å². The highest BCUT2D eigenvalue weighted by Gasteiger charge is 2.54. The summed E-state index contributed by atoms with van der Waals surface area (Å²) < 4.78 is 30.7. The third-order valence-corrected chi connectivity index (χ3v) is 10.3. The molecule has 0 aliphatic carbocycles. The molecule has 0 saturated carbocycles. The lowest BCUT2D eigenvalue weighted by atomic mass is 9.75. The second-order valence-corrected chi connectivity index (χ2v) is 13.7. The van der Waals surface area contributed by atoms with Gasteiger partial charge in [0, 0.05) is 37.2 Å². The second kappa shape index (κ2) is 13.7. The number of nitrogens with zero attached hydrogens (tertiary/aromatic N) is 3. The smallest absolute Gasteiger partial charge is 0.410 e. The number of rotatable bonds is 5. The molecule has 0 spiro atoms. The molecule has 12 nitrogen and oxygen atoms in total. The zero-order valence-electron chi connectivity index (χ0n) is 28.0. The molecule has 0 aromatic heterocycles. The molecule has 12 heteroatoms. The van der Waals surface area contributed by atoms with Crippen LogP contribution in [0.3, 0.4) is 0 Å². The van der Waals surface area contributed by atoms with Crippen molar-refractivity contribution in [2.75, 3.05) is 34.3 Å². The number of hydrogen-bond acceptors (Lipinski definition) is 11. The monoisotopic (exact) mass is 623 g/mol. The van der Waals surface area contributed by atoms with Gasteiger partial charge in [0.25, 0.3) is 0 Å². The maximum atomic E-state index is 14.0. The van der Waals surface area contributed by atoms with E-state index in [-0.39, 0.29) is 35.8 Å². The Kier molecular flexibility index (Phi) is 10.8. The lowest BCUT2D eigenvalue weighted by Crippen LogP contribution is -2.59. The van der Waals surface area contributed by atoms with Crippen molar-refractivity contribution >= 4 is 23.6 Å². The first-order valence-electron chi connectivity index (χ1n) is 16.1. The van der Waals surface area contributed by atoms with Gasteiger partial charge in [-0.25, -0.2) is 4.79 Å². The average molecular weight is 624 g/mol. The molecule has 4 aliphatic heterocycles. The van der Waals surface area contributed by atoms with Crippen molar-refractivity contribution in [3.63, 3.8) is 0 Å². The molecule has 44 heavy (non-hydrogen) atoms. The number of esters is 1. The first-order valence-corrected chi connectivity index (χ1v) is 16.1. The van der Waals surface area contributed by atoms with Gasteiger partial charge in [-0.2, -0.15) is 0 Å². The fourth-order valence-electron chi connectivity index (χ4n) is 7.77. The van der Waals surface area contributed by atoms with Gasteiger partial charge in [-0.1, -0.05) is 27.7 Å². The predicted octanol–water partition coefficient (Wildman–Crippen LogP) is 2.69. The number of aliphatic hydroxyl groups is 1. The van der Waals surface area contributed by atoms with Gasteiger partial charge in [0.15, 0.2) is 18.2 Å². The Morgan fingerprint density at radius 1 is 1.09 bits per heavy atom. The van der Waals surface area contributed by atoms with Crippen LogP contribution in [0.2, 0.25) is 0 Å². The van der Waals surface area contributed by atoms with Crippen LogP contribution in [-0.4, -0.2) is 127 Å². The number of fused-ring (bicyclic) bond motifs is 1. The molecule has 0 aromatic rings. The summed E-state index contributed by atoms with van der Waals surface area (Å²) >= 11 is 0. The lowest BCUT2D eigenvalue weighted by molar-refractivity contribution is -0.295. The Balaban J connectivity index is 1.78. The van der Waals surface area contributed by atoms with Crippen molar-refractivity contribution in [1.29, 1.82) is 0 Å². The van der Waals surface area contributed by atoms with E-state index in [9.17, 15) is 19.5 Å². The molecule has 4 rings (SSSR count). The standard InChI is InChI=1S/C32H53N3O9/c1-11-22-27-24-18(4)23(33-12-13-35(24)31(39)43-27)16(2)15-32(7,40-10)28(19(5)25(36)20(6)29(38)42-22)44-30-26(37)21(34(8)9)14-17(3)41-30/h16-22,24,26-28,30,37H,11-15H2,1-10H3/t16-,17-,18+,19+,20-,21+,22-,24-,26-,27-,28-,30?,32+/m1/s1. The molecular formula is C32H53N3O9. The first-order chi connectivity index (χ1) is 20.6. The minimum absolute atomic E-state index is 0.131. The predicted molar refractivity (Wildman–Crippen MR) is 162 cm³/mol. The van der Waals surface area contributed by atoms with Crippen molar-refractivity contribution in [1.82, 2.24) is 9.80 Å². The SMILES string of the molecule is CC[C@H]1OC(=O)[C@H](C)C(=O)[C@H](C)[C@@H](OC2O[C@H](C)C[C@H](N(C)C)[C@H]2O)[C@@](C)(OC)C[C@@H](C)C2=NCCN3C(=O)O[C@H]1[C@H]3[C@H]2C. The minimum Gasteiger partial charge on any atom is -0.458 e. The van der Waals surface area contributed by atoms with Crippen LogP contribution >= 0.6 is 0 Å². The maximum Gasteiger partial charge on any atom is 0.410 e. The fraction of sp³-hybridized carbons (Fsp3) is 0.875. The van der Waals surface area contributed by atoms with E-state index in [0.717, 1.165) is 5.71 Å². The summed E-state index contributed by atoms with van der Waals surface area (Å²) in [5, 5.41) is 11.3. The molecule has 0 aromatic carbocycles. The van der Waals surface area contributed by atoms with E-state index in [2.05, 4.69) is 6.92 Å². The highest BCUT2D eigenvalue weighted by molar-refractivity contribution is 6.00. The number of Topliss-reactive ketones (excluding diaryl/α,β-unsaturated/α-hetero) is 1. The Morgan fingerprint density at radius 2 is 1.77 bits per heavy atom. The van der Waals surface area contributed by atoms with Crippen molar-refractivity contribution in [3.05, 3.63) is 0 Å². The largest absolute Gasteiger partial charge is 0.458 e. The fourth-order valence-corrected chi connectivity index (χ4v) is 7.77. The third kappa shape index (κ3) is 6.56. The van der Waals surface area contributed by atoms with Crippen molar-refractivity contribution in [2.24, 2.45) is 28.7 Å². The van der Waals surface area contributed by atoms with E-state index >= 15 is 0 Å². The summed E-state index contributed by atoms with van der Waals surface area (Å²) in [6.45, 7) is 13.9. The summed E-state index contributed by atoms with van der Waals surface area (Å²) in [5.74, 6) is -3.33. The van der Waals surface area contributed by atoms with Crippen molar-refractivity contribution in [3.8, 4) is 0 Å². The van der Waals surface area contributed by atoms with E-state index < -0.39 is 60.2 Å². The van der Waals surface area contributed by atoms with Gasteiger partial charge < -0.3 is 33.7 Å². The number of ketones is 1. The molecule has 1 amide bonds. The molecule has 1 unspecified atom stereocenters. The van der Waals surface area contributed by atoms with E-state index in [4.69, 9.17) is 28.7 Å². The average Bonchev–Trinajstić information content (AvgIpc) is 3.19. The number of likely N-dealkylation sites (N-methyl/N-ethyl adjacent to an activating group) is 1. The molecule has 0 radical (unpaired) electrons. The molecule has 1 N–H and O–H groups in total. The van der Waals surface area contributed by atoms with Crippen LogP contribution in [0.25, 0.3) is 0 Å². The molecule has 3 fully saturated rings. The number of methoxy groups -OCH3 is 1. The zero-order chi connectivity index (χ0) is 32.7. The van der Waals surface area contributed by atoms with Crippen LogP contribution in [-0.2, 0) is 33.3 Å². The molecule has 13 atom stereocenters. The highest BCUT2D eigenvalue weighted by atomic mass is 16.7. The number of carbonyl (C=O) groups excluding carboxylic acids is 3. The zero-order valence-corrected chi connectivity index (χ0v) is 28.0. The molecule has 250 valence electrons. The van der Waals surface area contributed by atoms with Crippen LogP contribution in [0.15, 0.2) is 4.99 Å². The van der Waals surface area contributed by atoms with Crippen LogP contribution < -0.4 is 0 Å². The maximum absolute atomic E-state index is 14.0. The molecular weight excluding hydrogens is 570 g/mol. The third-order valence-electron chi connectivity index (χ3n) is 10.3. The Morgan fingerprint density at radius 3 is 2.39 bits per heavy atom. The van der Waals surface area contributed by atoms with Crippen LogP contribution in [0.4, 0.5) is 4.79 Å². The van der Waals surface area contributed by atoms with Gasteiger partial charge in [-0.05, 0) is 60.0 Å². The van der Waals surface area contributed by atoms with Crippen LogP contribution in [0, 0.1) is 23.7 Å². The van der Waals surface area contributed by atoms with Crippen LogP contribution in [0.5, 0.6) is 0 Å². The summed E-state index contributed by atoms with van der Waals surface area (Å²) in [6, 6.07) is -0.595. The summed E-state index contributed by atoms with van der Waals surface area (Å²) in [6.07, 6.45) is -3.48. The molecule has 4 heterocycles. The number of hydrogen-bond donors (Lipinski definition) is 1. The topological polar surface area (TPSA) is 136 Å². The van der Waals surface area contributed by atoms with Crippen molar-refractivity contribution < 1.29 is 43.2 Å². The van der Waals surface area contributed by atoms with Gasteiger partial charge in [-0.15, -0.1) is 0 Å². The summed E-state index contributed by atoms with van der Waals surface area (Å²) in [5.41, 5.74) is -0.148. The number of aliphatic hydroxyl groups excluding tert-OH is 1. The van der Waals surface area contributed by atoms with Gasteiger partial charge >= 0.3 is 12.1 Å². The highest BCUT2D eigenvalue weighted by Crippen LogP contribution is 2.40. The van der Waals surface area contributed by atoms with Gasteiger partial charge in [0.1, 0.15) is 18.1 Å². The Bertz CT molecular complexity index is 1100. The van der Waals surface area contributed by atoms with Gasteiger partial charge in [0.2, 0.25) is 0 Å². The Hall–Kier alpha value is -2.12. The van der Waals surface area contributed by atoms with Crippen LogP contribution in [0.1, 0.15) is 67.7 Å². The van der Waals surface area contributed by atoms with E-state index in [1.165, 1.54) is 6.92 Å². The molecule has 2 bridgehead atoms. The second-order valence-electron chi connectivity index (χ2n) is 13.7. The number of ether oxygens (including phenoxy) is 5. The van der Waals surface area contributed by atoms with E-state index in [1.54, 1.807) is 18.9 Å². The van der Waals surface area contributed by atoms with Gasteiger partial charge in [0.05, 0.1) is 30.4 Å². The molecule has 4 aliphatic rings. The molecule has 3 saturated heterocycles. The van der Waals surface area contributed by atoms with Gasteiger partial charge in [-0.3, -0.25) is 19.5 Å². The minimum atomic E-state index is -1.12. The number of aliphatic imine (C=N–C) groups is 1. The summed E-state index contributed by atoms with van der Waals surface area (Å²) in [4.78, 5) is 49.1. The quantitative estimate of drug-likeness (QED) is 0.360. The van der Waals surface area contributed by atoms with E-state index in [0.29, 0.717) is 32.4 Å². The lowest BCUT2D eigenvalue weighted by Gasteiger charge is -2.47. The normalized spacial score (nSPS) is 44.0. The number of carbonyl (C=O) groups is 3. The number of amides is 1. The Labute approximate surface area is 261 Å². The summed E-state index contributed by atoms with van der Waals surface area (Å²) in [7, 11) is 5.38. The van der Waals surface area contributed by atoms with E-state index in [1.807, 2.05) is 46.7 Å². The first kappa shape index (κ1) is 34.7. The number of cyclic esters (lactones) is 1.